The fourth-order valence-corrected chi connectivity index (χ4v) is 3.07. The number of hydrogen-bond acceptors (Lipinski definition) is 3. The summed E-state index contributed by atoms with van der Waals surface area (Å²) in [5.74, 6) is 1.03. The zero-order valence-corrected chi connectivity index (χ0v) is 17.6. The number of aliphatic imine (C=N–C) groups is 1. The Balaban J connectivity index is 0.00000484. The quantitative estimate of drug-likeness (QED) is 0.272. The molecule has 0 heterocycles. The minimum Gasteiger partial charge on any atom is -0.356 e. The Hall–Kier alpha value is -0.570. The van der Waals surface area contributed by atoms with Crippen molar-refractivity contribution in [1.82, 2.24) is 20.4 Å². The number of nitrogens with one attached hydrogen (secondary N) is 2. The zero-order valence-electron chi connectivity index (χ0n) is 15.3. The monoisotopic (exact) mass is 439 g/mol. The molecule has 0 aromatic heterocycles. The van der Waals surface area contributed by atoms with E-state index in [1.165, 1.54) is 0 Å². The maximum Gasteiger partial charge on any atom is 0.230 e. The van der Waals surface area contributed by atoms with E-state index in [9.17, 15) is 4.79 Å². The van der Waals surface area contributed by atoms with Crippen molar-refractivity contribution in [1.29, 1.82) is 0 Å². The van der Waals surface area contributed by atoms with Gasteiger partial charge in [0.2, 0.25) is 5.91 Å². The number of nitrogens with zero attached hydrogens (tertiary/aromatic N) is 3. The van der Waals surface area contributed by atoms with Crippen molar-refractivity contribution in [3.8, 4) is 0 Å². The van der Waals surface area contributed by atoms with Crippen molar-refractivity contribution in [2.24, 2.45) is 10.4 Å². The lowest BCUT2D eigenvalue weighted by molar-refractivity contribution is -0.138. The van der Waals surface area contributed by atoms with Crippen LogP contribution in [0.5, 0.6) is 0 Å². The molecule has 1 saturated carbocycles. The van der Waals surface area contributed by atoms with Gasteiger partial charge in [0.15, 0.2) is 5.96 Å². The molecule has 0 aromatic carbocycles. The van der Waals surface area contributed by atoms with Crippen molar-refractivity contribution < 1.29 is 4.79 Å². The topological polar surface area (TPSA) is 60.0 Å². The summed E-state index contributed by atoms with van der Waals surface area (Å²) < 4.78 is 0. The van der Waals surface area contributed by atoms with E-state index in [4.69, 9.17) is 0 Å². The van der Waals surface area contributed by atoms with Crippen LogP contribution in [0.3, 0.4) is 0 Å². The number of halogens is 1. The summed E-state index contributed by atoms with van der Waals surface area (Å²) in [6.07, 6.45) is 5.27. The summed E-state index contributed by atoms with van der Waals surface area (Å²) in [5, 5.41) is 6.68. The maximum atomic E-state index is 12.5. The van der Waals surface area contributed by atoms with Gasteiger partial charge in [-0.2, -0.15) is 0 Å². The number of hydrogen-bond donors (Lipinski definition) is 2. The van der Waals surface area contributed by atoms with E-state index in [0.717, 1.165) is 51.2 Å². The smallest absolute Gasteiger partial charge is 0.230 e. The average molecular weight is 439 g/mol. The molecular weight excluding hydrogens is 405 g/mol. The van der Waals surface area contributed by atoms with Gasteiger partial charge in [0, 0.05) is 34.2 Å². The first-order valence-corrected chi connectivity index (χ1v) is 8.22. The van der Waals surface area contributed by atoms with E-state index in [2.05, 4.69) is 34.6 Å². The van der Waals surface area contributed by atoms with Crippen molar-refractivity contribution in [2.75, 3.05) is 54.9 Å². The molecule has 0 aromatic rings. The summed E-state index contributed by atoms with van der Waals surface area (Å²) in [4.78, 5) is 20.7. The third kappa shape index (κ3) is 7.24. The molecule has 1 rings (SSSR count). The van der Waals surface area contributed by atoms with E-state index >= 15 is 0 Å². The minimum absolute atomic E-state index is 0. The highest BCUT2D eigenvalue weighted by Crippen LogP contribution is 2.38. The first kappa shape index (κ1) is 22.4. The lowest BCUT2D eigenvalue weighted by Gasteiger charge is -2.31. The van der Waals surface area contributed by atoms with E-state index in [0.29, 0.717) is 6.54 Å². The molecule has 6 nitrogen and oxygen atoms in total. The molecule has 136 valence electrons. The number of guanidine groups is 1. The number of carbonyl (C=O) groups excluding carboxylic acids is 1. The summed E-state index contributed by atoms with van der Waals surface area (Å²) >= 11 is 0. The molecule has 1 aliphatic rings. The summed E-state index contributed by atoms with van der Waals surface area (Å²) in [6, 6.07) is 0. The molecule has 1 fully saturated rings. The Labute approximate surface area is 158 Å². The van der Waals surface area contributed by atoms with Gasteiger partial charge in [-0.3, -0.25) is 9.79 Å². The largest absolute Gasteiger partial charge is 0.356 e. The first-order chi connectivity index (χ1) is 10.4. The predicted octanol–water partition coefficient (Wildman–Crippen LogP) is 1.37. The first-order valence-electron chi connectivity index (χ1n) is 8.22. The van der Waals surface area contributed by atoms with Crippen LogP contribution in [0.1, 0.15) is 32.1 Å². The molecule has 2 N–H and O–H groups in total. The Morgan fingerprint density at radius 2 is 1.74 bits per heavy atom. The Morgan fingerprint density at radius 3 is 2.22 bits per heavy atom. The summed E-state index contributed by atoms with van der Waals surface area (Å²) in [7, 11) is 9.61. The van der Waals surface area contributed by atoms with Gasteiger partial charge in [-0.1, -0.05) is 12.8 Å². The average Bonchev–Trinajstić information content (AvgIpc) is 2.95. The third-order valence-electron chi connectivity index (χ3n) is 4.31. The fourth-order valence-electron chi connectivity index (χ4n) is 3.07. The van der Waals surface area contributed by atoms with Crippen LogP contribution in [0.2, 0.25) is 0 Å². The highest BCUT2D eigenvalue weighted by molar-refractivity contribution is 14.0. The molecule has 0 unspecified atom stereocenters. The molecular formula is C16H34IN5O. The fraction of sp³-hybridized carbons (Fsp3) is 0.875. The Kier molecular flexibility index (Phi) is 10.8. The van der Waals surface area contributed by atoms with Gasteiger partial charge in [0.1, 0.15) is 0 Å². The highest BCUT2D eigenvalue weighted by atomic mass is 127. The van der Waals surface area contributed by atoms with Crippen molar-refractivity contribution in [3.63, 3.8) is 0 Å². The normalized spacial score (nSPS) is 16.9. The molecule has 1 aliphatic carbocycles. The summed E-state index contributed by atoms with van der Waals surface area (Å²) in [6.45, 7) is 2.59. The van der Waals surface area contributed by atoms with Gasteiger partial charge in [-0.05, 0) is 39.9 Å². The number of rotatable bonds is 7. The molecule has 0 atom stereocenters. The maximum absolute atomic E-state index is 12.5. The predicted molar refractivity (Wildman–Crippen MR) is 108 cm³/mol. The standard InChI is InChI=1S/C16H33N5O.HI/c1-17-15(18-11-8-12-20(2)3)19-13-16(9-6-7-10-16)14(22)21(4)5;/h6-13H2,1-5H3,(H2,17,18,19);1H. The van der Waals surface area contributed by atoms with Crippen LogP contribution in [0, 0.1) is 5.41 Å². The third-order valence-corrected chi connectivity index (χ3v) is 4.31. The molecule has 0 saturated heterocycles. The molecule has 0 aliphatic heterocycles. The molecule has 0 spiro atoms. The van der Waals surface area contributed by atoms with Gasteiger partial charge in [-0.15, -0.1) is 24.0 Å². The van der Waals surface area contributed by atoms with Gasteiger partial charge < -0.3 is 20.4 Å². The van der Waals surface area contributed by atoms with Crippen molar-refractivity contribution in [2.45, 2.75) is 32.1 Å². The second-order valence-electron chi connectivity index (χ2n) is 6.70. The van der Waals surface area contributed by atoms with E-state index in [1.807, 2.05) is 14.1 Å². The van der Waals surface area contributed by atoms with Crippen LogP contribution in [0.15, 0.2) is 4.99 Å². The SMILES string of the molecule is CN=C(NCCCN(C)C)NCC1(C(=O)N(C)C)CCCC1.I. The van der Waals surface area contributed by atoms with Crippen LogP contribution < -0.4 is 10.6 Å². The van der Waals surface area contributed by atoms with Crippen molar-refractivity contribution >= 4 is 35.8 Å². The number of carbonyl (C=O) groups is 1. The van der Waals surface area contributed by atoms with Gasteiger partial charge in [0.05, 0.1) is 5.41 Å². The van der Waals surface area contributed by atoms with Crippen LogP contribution >= 0.6 is 24.0 Å². The molecule has 0 radical (unpaired) electrons. The van der Waals surface area contributed by atoms with E-state index in [-0.39, 0.29) is 35.3 Å². The molecule has 1 amide bonds. The molecule has 7 heteroatoms. The van der Waals surface area contributed by atoms with Crippen LogP contribution in [-0.4, -0.2) is 76.5 Å². The zero-order chi connectivity index (χ0) is 16.6. The van der Waals surface area contributed by atoms with Gasteiger partial charge in [-0.25, -0.2) is 0 Å². The second-order valence-corrected chi connectivity index (χ2v) is 6.70. The summed E-state index contributed by atoms with van der Waals surface area (Å²) in [5.41, 5.74) is -0.259. The number of amides is 1. The van der Waals surface area contributed by atoms with Gasteiger partial charge in [0.25, 0.3) is 0 Å². The van der Waals surface area contributed by atoms with Crippen LogP contribution in [0.4, 0.5) is 0 Å². The lowest BCUT2D eigenvalue weighted by Crippen LogP contribution is -2.49. The Bertz CT molecular complexity index is 379. The Morgan fingerprint density at radius 1 is 1.13 bits per heavy atom. The van der Waals surface area contributed by atoms with E-state index in [1.54, 1.807) is 11.9 Å². The second kappa shape index (κ2) is 11.1. The lowest BCUT2D eigenvalue weighted by atomic mass is 9.84. The molecule has 0 bridgehead atoms. The highest BCUT2D eigenvalue weighted by Gasteiger charge is 2.42. The van der Waals surface area contributed by atoms with E-state index < -0.39 is 0 Å². The minimum atomic E-state index is -0.259. The molecule has 23 heavy (non-hydrogen) atoms. The van der Waals surface area contributed by atoms with Gasteiger partial charge >= 0.3 is 0 Å². The van der Waals surface area contributed by atoms with Crippen LogP contribution in [-0.2, 0) is 4.79 Å². The van der Waals surface area contributed by atoms with Crippen molar-refractivity contribution in [3.05, 3.63) is 0 Å². The van der Waals surface area contributed by atoms with Crippen LogP contribution in [0.25, 0.3) is 0 Å².